The molecule has 2 unspecified atom stereocenters. The normalized spacial score (nSPS) is 26.0. The van der Waals surface area contributed by atoms with Crippen molar-refractivity contribution in [2.24, 2.45) is 0 Å². The molecule has 0 aliphatic carbocycles. The molecular formula is C14H25N3O2S. The summed E-state index contributed by atoms with van der Waals surface area (Å²) >= 11 is 1.68. The van der Waals surface area contributed by atoms with Gasteiger partial charge in [0.25, 0.3) is 0 Å². The molecule has 2 aliphatic rings. The molecule has 114 valence electrons. The zero-order valence-corrected chi connectivity index (χ0v) is 13.2. The summed E-state index contributed by atoms with van der Waals surface area (Å²) in [6.07, 6.45) is 2.46. The Morgan fingerprint density at radius 3 is 2.80 bits per heavy atom. The van der Waals surface area contributed by atoms with E-state index in [0.717, 1.165) is 38.2 Å². The first-order valence-corrected chi connectivity index (χ1v) is 8.72. The van der Waals surface area contributed by atoms with E-state index in [0.29, 0.717) is 18.3 Å². The summed E-state index contributed by atoms with van der Waals surface area (Å²) < 4.78 is 0. The second-order valence-corrected chi connectivity index (χ2v) is 6.41. The van der Waals surface area contributed by atoms with E-state index in [9.17, 15) is 9.59 Å². The molecule has 0 aromatic heterocycles. The van der Waals surface area contributed by atoms with E-state index in [-0.39, 0.29) is 17.9 Å². The lowest BCUT2D eigenvalue weighted by Gasteiger charge is -2.33. The third-order valence-electron chi connectivity index (χ3n) is 4.01. The van der Waals surface area contributed by atoms with Gasteiger partial charge >= 0.3 is 0 Å². The van der Waals surface area contributed by atoms with Gasteiger partial charge in [0, 0.05) is 31.3 Å². The highest BCUT2D eigenvalue weighted by atomic mass is 32.2. The number of amides is 2. The Morgan fingerprint density at radius 1 is 1.40 bits per heavy atom. The molecule has 20 heavy (non-hydrogen) atoms. The van der Waals surface area contributed by atoms with E-state index in [1.165, 1.54) is 0 Å². The first-order valence-electron chi connectivity index (χ1n) is 7.57. The lowest BCUT2D eigenvalue weighted by Crippen LogP contribution is -2.52. The topological polar surface area (TPSA) is 52.7 Å². The minimum Gasteiger partial charge on any atom is -0.337 e. The first kappa shape index (κ1) is 15.6. The van der Waals surface area contributed by atoms with Gasteiger partial charge in [-0.05, 0) is 19.4 Å². The third-order valence-corrected chi connectivity index (χ3v) is 5.03. The molecule has 2 saturated heterocycles. The van der Waals surface area contributed by atoms with Crippen molar-refractivity contribution in [2.75, 3.05) is 31.3 Å². The highest BCUT2D eigenvalue weighted by Gasteiger charge is 2.38. The van der Waals surface area contributed by atoms with Crippen LogP contribution in [0.4, 0.5) is 0 Å². The number of hydrogen-bond acceptors (Lipinski definition) is 4. The number of carbonyl (C=O) groups excluding carboxylic acids is 2. The average Bonchev–Trinajstić information content (AvgIpc) is 3.13. The summed E-state index contributed by atoms with van der Waals surface area (Å²) in [7, 11) is 0. The second-order valence-electron chi connectivity index (χ2n) is 5.41. The molecule has 0 bridgehead atoms. The summed E-state index contributed by atoms with van der Waals surface area (Å²) in [5, 5.41) is 3.32. The Hall–Kier alpha value is -0.750. The van der Waals surface area contributed by atoms with Crippen LogP contribution in [0.5, 0.6) is 0 Å². The molecule has 2 rings (SSSR count). The Kier molecular flexibility index (Phi) is 5.72. The predicted molar refractivity (Wildman–Crippen MR) is 81.5 cm³/mol. The molecule has 6 heteroatoms. The maximum Gasteiger partial charge on any atom is 0.246 e. The van der Waals surface area contributed by atoms with E-state index >= 15 is 0 Å². The smallest absolute Gasteiger partial charge is 0.246 e. The van der Waals surface area contributed by atoms with E-state index in [2.05, 4.69) is 12.2 Å². The maximum atomic E-state index is 12.8. The molecule has 2 atom stereocenters. The summed E-state index contributed by atoms with van der Waals surface area (Å²) in [4.78, 5) is 28.6. The van der Waals surface area contributed by atoms with Crippen LogP contribution in [0.2, 0.25) is 0 Å². The minimum absolute atomic E-state index is 0.0920. The molecule has 2 heterocycles. The Bertz CT molecular complexity index is 358. The van der Waals surface area contributed by atoms with Crippen molar-refractivity contribution in [3.05, 3.63) is 0 Å². The number of carbonyl (C=O) groups is 2. The fourth-order valence-electron chi connectivity index (χ4n) is 2.91. The zero-order chi connectivity index (χ0) is 14.5. The SMILES string of the molecule is CCCN(C(=O)C1CSCN1C(=O)CC)C1CCNC1. The second kappa shape index (κ2) is 7.31. The van der Waals surface area contributed by atoms with E-state index in [1.807, 2.05) is 11.8 Å². The van der Waals surface area contributed by atoms with Gasteiger partial charge in [-0.2, -0.15) is 0 Å². The average molecular weight is 299 g/mol. The lowest BCUT2D eigenvalue weighted by molar-refractivity contribution is -0.144. The Morgan fingerprint density at radius 2 is 2.20 bits per heavy atom. The molecule has 0 aromatic rings. The van der Waals surface area contributed by atoms with Crippen LogP contribution in [0.25, 0.3) is 0 Å². The van der Waals surface area contributed by atoms with Crippen molar-refractivity contribution in [2.45, 2.75) is 45.2 Å². The van der Waals surface area contributed by atoms with Gasteiger partial charge in [0.05, 0.1) is 5.88 Å². The van der Waals surface area contributed by atoms with Crippen LogP contribution in [0.15, 0.2) is 0 Å². The molecule has 0 saturated carbocycles. The largest absolute Gasteiger partial charge is 0.337 e. The van der Waals surface area contributed by atoms with Crippen LogP contribution in [-0.2, 0) is 9.59 Å². The quantitative estimate of drug-likeness (QED) is 0.819. The van der Waals surface area contributed by atoms with E-state index < -0.39 is 0 Å². The number of nitrogens with zero attached hydrogens (tertiary/aromatic N) is 2. The van der Waals surface area contributed by atoms with Crippen molar-refractivity contribution < 1.29 is 9.59 Å². The van der Waals surface area contributed by atoms with Crippen LogP contribution in [-0.4, -0.2) is 65.0 Å². The molecule has 0 radical (unpaired) electrons. The van der Waals surface area contributed by atoms with Crippen LogP contribution in [0.3, 0.4) is 0 Å². The first-order chi connectivity index (χ1) is 9.69. The van der Waals surface area contributed by atoms with E-state index in [4.69, 9.17) is 0 Å². The third kappa shape index (κ3) is 3.28. The van der Waals surface area contributed by atoms with Crippen molar-refractivity contribution in [1.29, 1.82) is 0 Å². The lowest BCUT2D eigenvalue weighted by atomic mass is 10.1. The van der Waals surface area contributed by atoms with Crippen LogP contribution in [0.1, 0.15) is 33.1 Å². The van der Waals surface area contributed by atoms with Gasteiger partial charge in [-0.1, -0.05) is 13.8 Å². The Balaban J connectivity index is 2.07. The van der Waals surface area contributed by atoms with Crippen LogP contribution in [0, 0.1) is 0 Å². The monoisotopic (exact) mass is 299 g/mol. The van der Waals surface area contributed by atoms with Gasteiger partial charge in [-0.25, -0.2) is 0 Å². The molecule has 2 aliphatic heterocycles. The summed E-state index contributed by atoms with van der Waals surface area (Å²) in [5.41, 5.74) is 0. The molecule has 1 N–H and O–H groups in total. The van der Waals surface area contributed by atoms with Crippen LogP contribution >= 0.6 is 11.8 Å². The molecule has 0 spiro atoms. The van der Waals surface area contributed by atoms with Crippen molar-refractivity contribution in [3.63, 3.8) is 0 Å². The maximum absolute atomic E-state index is 12.8. The van der Waals surface area contributed by atoms with Crippen molar-refractivity contribution in [3.8, 4) is 0 Å². The highest BCUT2D eigenvalue weighted by Crippen LogP contribution is 2.24. The number of nitrogens with one attached hydrogen (secondary N) is 1. The molecule has 0 aromatic carbocycles. The Labute approximate surface area is 125 Å². The minimum atomic E-state index is -0.250. The van der Waals surface area contributed by atoms with Gasteiger partial charge in [0.15, 0.2) is 0 Å². The zero-order valence-electron chi connectivity index (χ0n) is 12.4. The van der Waals surface area contributed by atoms with Crippen LogP contribution < -0.4 is 5.32 Å². The standard InChI is InChI=1S/C14H25N3O2S/c1-3-7-16(11-5-6-15-8-11)14(19)12-9-20-10-17(12)13(18)4-2/h11-12,15H,3-10H2,1-2H3. The fourth-order valence-corrected chi connectivity index (χ4v) is 4.08. The summed E-state index contributed by atoms with van der Waals surface area (Å²) in [5.74, 6) is 1.64. The van der Waals surface area contributed by atoms with E-state index in [1.54, 1.807) is 16.7 Å². The number of thioether (sulfide) groups is 1. The molecule has 2 fully saturated rings. The molecular weight excluding hydrogens is 274 g/mol. The fraction of sp³-hybridized carbons (Fsp3) is 0.857. The predicted octanol–water partition coefficient (Wildman–Crippen LogP) is 0.898. The van der Waals surface area contributed by atoms with Crippen molar-refractivity contribution in [1.82, 2.24) is 15.1 Å². The molecule has 5 nitrogen and oxygen atoms in total. The number of hydrogen-bond donors (Lipinski definition) is 1. The molecule has 2 amide bonds. The van der Waals surface area contributed by atoms with Gasteiger partial charge < -0.3 is 15.1 Å². The summed E-state index contributed by atoms with van der Waals surface area (Å²) in [6, 6.07) is 0.0474. The number of rotatable bonds is 5. The van der Waals surface area contributed by atoms with Gasteiger partial charge in [0.1, 0.15) is 6.04 Å². The summed E-state index contributed by atoms with van der Waals surface area (Å²) in [6.45, 7) is 6.61. The highest BCUT2D eigenvalue weighted by molar-refractivity contribution is 7.99. The van der Waals surface area contributed by atoms with Crippen molar-refractivity contribution >= 4 is 23.6 Å². The van der Waals surface area contributed by atoms with Gasteiger partial charge in [-0.15, -0.1) is 11.8 Å². The van der Waals surface area contributed by atoms with Gasteiger partial charge in [-0.3, -0.25) is 9.59 Å². The van der Waals surface area contributed by atoms with Gasteiger partial charge in [0.2, 0.25) is 11.8 Å².